The van der Waals surface area contributed by atoms with E-state index in [1.807, 2.05) is 30.3 Å². The van der Waals surface area contributed by atoms with Crippen molar-refractivity contribution < 1.29 is 19.5 Å². The number of amides is 2. The maximum Gasteiger partial charge on any atom is 0.325 e. The van der Waals surface area contributed by atoms with E-state index in [0.717, 1.165) is 45.5 Å². The van der Waals surface area contributed by atoms with Gasteiger partial charge < -0.3 is 15.7 Å². The third-order valence-electron chi connectivity index (χ3n) is 8.27. The average Bonchev–Trinajstić information content (AvgIpc) is 3.61. The molecule has 0 fully saturated rings. The summed E-state index contributed by atoms with van der Waals surface area (Å²) in [6.07, 6.45) is 6.00. The Morgan fingerprint density at radius 3 is 1.80 bits per heavy atom. The molecule has 3 aromatic carbocycles. The van der Waals surface area contributed by atoms with E-state index >= 15 is 0 Å². The first kappa shape index (κ1) is 35.2. The number of carboxylic acid groups (broad SMARTS) is 1. The molecule has 0 spiro atoms. The Morgan fingerprint density at radius 2 is 1.27 bits per heavy atom. The average molecular weight is 675 g/mol. The summed E-state index contributed by atoms with van der Waals surface area (Å²) in [5.74, 6) is -1.56. The highest BCUT2D eigenvalue weighted by atomic mass is 32.1. The maximum atomic E-state index is 13.2. The van der Waals surface area contributed by atoms with Crippen molar-refractivity contribution in [2.24, 2.45) is 0 Å². The van der Waals surface area contributed by atoms with Gasteiger partial charge in [0.05, 0.1) is 4.88 Å². The van der Waals surface area contributed by atoms with Gasteiger partial charge in [0, 0.05) is 34.8 Å². The predicted octanol–water partition coefficient (Wildman–Crippen LogP) is 7.72. The Labute approximate surface area is 291 Å². The Bertz CT molecular complexity index is 1890. The highest BCUT2D eigenvalue weighted by Crippen LogP contribution is 2.30. The second kappa shape index (κ2) is 15.4. The lowest BCUT2D eigenvalue weighted by molar-refractivity contribution is -0.141. The maximum absolute atomic E-state index is 13.2. The van der Waals surface area contributed by atoms with Crippen molar-refractivity contribution in [3.8, 4) is 33.6 Å². The predicted molar refractivity (Wildman–Crippen MR) is 196 cm³/mol. The monoisotopic (exact) mass is 674 g/mol. The van der Waals surface area contributed by atoms with Crippen LogP contribution in [0.5, 0.6) is 0 Å². The fraction of sp³-hybridized carbons (Fsp3) is 0.275. The van der Waals surface area contributed by atoms with Gasteiger partial charge in [-0.3, -0.25) is 14.4 Å². The fourth-order valence-corrected chi connectivity index (χ4v) is 6.30. The number of hydrogen-bond donors (Lipinski definition) is 3. The Morgan fingerprint density at radius 1 is 0.735 bits per heavy atom. The van der Waals surface area contributed by atoms with Gasteiger partial charge in [-0.2, -0.15) is 0 Å². The summed E-state index contributed by atoms with van der Waals surface area (Å²) in [5, 5.41) is 14.6. The van der Waals surface area contributed by atoms with E-state index in [2.05, 4.69) is 96.8 Å². The highest BCUT2D eigenvalue weighted by Gasteiger charge is 2.26. The van der Waals surface area contributed by atoms with Crippen molar-refractivity contribution in [3.63, 3.8) is 0 Å². The van der Waals surface area contributed by atoms with Crippen LogP contribution in [0.2, 0.25) is 0 Å². The first-order chi connectivity index (χ1) is 23.4. The van der Waals surface area contributed by atoms with E-state index in [1.165, 1.54) is 29.4 Å². The molecule has 2 atom stereocenters. The zero-order valence-electron chi connectivity index (χ0n) is 28.5. The molecule has 5 rings (SSSR count). The summed E-state index contributed by atoms with van der Waals surface area (Å²) < 4.78 is 0. The van der Waals surface area contributed by atoms with Crippen LogP contribution in [0.15, 0.2) is 97.3 Å². The van der Waals surface area contributed by atoms with Crippen molar-refractivity contribution in [1.29, 1.82) is 0 Å². The molecular formula is C40H42N4O4S. The van der Waals surface area contributed by atoms with Gasteiger partial charge in [0.2, 0.25) is 5.91 Å². The van der Waals surface area contributed by atoms with Crippen LogP contribution in [0.3, 0.4) is 0 Å². The van der Waals surface area contributed by atoms with Gasteiger partial charge >= 0.3 is 5.97 Å². The van der Waals surface area contributed by atoms with E-state index in [0.29, 0.717) is 10.7 Å². The molecule has 0 aliphatic rings. The highest BCUT2D eigenvalue weighted by molar-refractivity contribution is 7.14. The molecule has 2 aromatic heterocycles. The minimum Gasteiger partial charge on any atom is -0.480 e. The van der Waals surface area contributed by atoms with Gasteiger partial charge in [0.25, 0.3) is 5.91 Å². The van der Waals surface area contributed by atoms with E-state index in [-0.39, 0.29) is 17.7 Å². The summed E-state index contributed by atoms with van der Waals surface area (Å²) in [7, 11) is 0. The van der Waals surface area contributed by atoms with Crippen LogP contribution >= 0.6 is 11.3 Å². The molecule has 0 saturated heterocycles. The molecule has 5 aromatic rings. The quantitative estimate of drug-likeness (QED) is 0.125. The van der Waals surface area contributed by atoms with Gasteiger partial charge in [-0.25, -0.2) is 9.97 Å². The van der Waals surface area contributed by atoms with Crippen LogP contribution in [-0.2, 0) is 27.8 Å². The molecular weight excluding hydrogens is 633 g/mol. The van der Waals surface area contributed by atoms with Crippen molar-refractivity contribution in [1.82, 2.24) is 20.6 Å². The smallest absolute Gasteiger partial charge is 0.325 e. The number of rotatable bonds is 12. The Kier molecular flexibility index (Phi) is 11.0. The molecule has 2 heterocycles. The van der Waals surface area contributed by atoms with Gasteiger partial charge in [0.15, 0.2) is 5.82 Å². The van der Waals surface area contributed by atoms with Crippen molar-refractivity contribution >= 4 is 29.1 Å². The number of carbonyl (C=O) groups excluding carboxylic acids is 2. The fourth-order valence-electron chi connectivity index (χ4n) is 5.34. The van der Waals surface area contributed by atoms with Crippen molar-refractivity contribution in [2.75, 3.05) is 0 Å². The SMILES string of the molecule is CCCc1ccc(-c2ccc(-c3cnc(-c4ccc(C[C@H](NC(=O)c5ccc(C(C)(C)C)s5)C(=O)N[C@H](C)C(=O)O)cc4)nc3)cc2)cc1. The zero-order chi connectivity index (χ0) is 35.1. The second-order valence-corrected chi connectivity index (χ2v) is 14.3. The minimum absolute atomic E-state index is 0.115. The first-order valence-electron chi connectivity index (χ1n) is 16.5. The van der Waals surface area contributed by atoms with Crippen molar-refractivity contribution in [2.45, 2.75) is 71.4 Å². The number of benzene rings is 3. The molecule has 0 saturated carbocycles. The molecule has 0 aliphatic heterocycles. The number of nitrogens with zero attached hydrogens (tertiary/aromatic N) is 2. The summed E-state index contributed by atoms with van der Waals surface area (Å²) >= 11 is 1.38. The van der Waals surface area contributed by atoms with Gasteiger partial charge in [-0.05, 0) is 58.7 Å². The number of carboxylic acids is 1. The lowest BCUT2D eigenvalue weighted by Gasteiger charge is -2.20. The minimum atomic E-state index is -1.16. The molecule has 8 nitrogen and oxygen atoms in total. The number of nitrogens with one attached hydrogen (secondary N) is 2. The number of carbonyl (C=O) groups is 3. The summed E-state index contributed by atoms with van der Waals surface area (Å²) in [4.78, 5) is 48.5. The van der Waals surface area contributed by atoms with Crippen LogP contribution in [0.4, 0.5) is 0 Å². The standard InChI is InChI=1S/C40H42N4O4S/c1-6-7-26-8-12-28(13-9-26)29-16-18-30(19-17-29)32-23-41-36(42-24-32)31-14-10-27(11-15-31)22-33(37(45)43-25(2)39(47)48)44-38(46)34-20-21-35(49-34)40(3,4)5/h8-21,23-25,33H,6-7,22H2,1-5H3,(H,43,45)(H,44,46)(H,47,48)/t25-,33+/m1/s1. The van der Waals surface area contributed by atoms with Crippen molar-refractivity contribution in [3.05, 3.63) is 118 Å². The normalized spacial score (nSPS) is 12.6. The molecule has 0 bridgehead atoms. The molecule has 0 radical (unpaired) electrons. The van der Waals surface area contributed by atoms with Crippen LogP contribution < -0.4 is 10.6 Å². The van der Waals surface area contributed by atoms with Gasteiger partial charge in [0.1, 0.15) is 12.1 Å². The third kappa shape index (κ3) is 9.06. The topological polar surface area (TPSA) is 121 Å². The molecule has 0 aliphatic carbocycles. The Hall–Kier alpha value is -5.15. The number of aromatic nitrogens is 2. The van der Waals surface area contributed by atoms with E-state index in [1.54, 1.807) is 18.5 Å². The largest absolute Gasteiger partial charge is 0.480 e. The third-order valence-corrected chi connectivity index (χ3v) is 9.78. The van der Waals surface area contributed by atoms with Gasteiger partial charge in [-0.1, -0.05) is 107 Å². The number of aryl methyl sites for hydroxylation is 1. The Balaban J connectivity index is 1.26. The summed E-state index contributed by atoms with van der Waals surface area (Å²) in [6, 6.07) is 26.1. The van der Waals surface area contributed by atoms with E-state index < -0.39 is 24.0 Å². The lowest BCUT2D eigenvalue weighted by atomic mass is 9.95. The van der Waals surface area contributed by atoms with Crippen LogP contribution in [0, 0.1) is 0 Å². The molecule has 3 N–H and O–H groups in total. The molecule has 2 amide bonds. The van der Waals surface area contributed by atoms with E-state index in [9.17, 15) is 19.5 Å². The number of aliphatic carboxylic acids is 1. The molecule has 9 heteroatoms. The summed E-state index contributed by atoms with van der Waals surface area (Å²) in [5.41, 5.74) is 7.08. The van der Waals surface area contributed by atoms with Crippen LogP contribution in [0.25, 0.3) is 33.6 Å². The summed E-state index contributed by atoms with van der Waals surface area (Å²) in [6.45, 7) is 9.78. The molecule has 252 valence electrons. The lowest BCUT2D eigenvalue weighted by Crippen LogP contribution is -2.51. The first-order valence-corrected chi connectivity index (χ1v) is 17.3. The van der Waals surface area contributed by atoms with Gasteiger partial charge in [-0.15, -0.1) is 11.3 Å². The second-order valence-electron chi connectivity index (χ2n) is 13.2. The number of thiophene rings is 1. The molecule has 49 heavy (non-hydrogen) atoms. The van der Waals surface area contributed by atoms with E-state index in [4.69, 9.17) is 0 Å². The number of hydrogen-bond acceptors (Lipinski definition) is 6. The molecule has 0 unspecified atom stereocenters. The van der Waals surface area contributed by atoms with Crippen LogP contribution in [0.1, 0.15) is 66.7 Å². The zero-order valence-corrected chi connectivity index (χ0v) is 29.3. The van der Waals surface area contributed by atoms with Crippen LogP contribution in [-0.4, -0.2) is 44.9 Å².